The average molecular weight is 310 g/mol. The highest BCUT2D eigenvalue weighted by Crippen LogP contribution is 2.45. The molecule has 5 heteroatoms. The summed E-state index contributed by atoms with van der Waals surface area (Å²) in [5.74, 6) is -0.308. The first-order valence-corrected chi connectivity index (χ1v) is 7.53. The second-order valence-corrected chi connectivity index (χ2v) is 6.89. The first-order valence-electron chi connectivity index (χ1n) is 7.53. The Hall–Kier alpha value is -2.61. The molecule has 0 amide bonds. The summed E-state index contributed by atoms with van der Waals surface area (Å²) in [6, 6.07) is 8.50. The molecular formula is C18H18N2O3. The molecule has 0 saturated heterocycles. The number of rotatable bonds is 1. The third-order valence-corrected chi connectivity index (χ3v) is 4.35. The van der Waals surface area contributed by atoms with E-state index < -0.39 is 12.0 Å². The predicted octanol–water partition coefficient (Wildman–Crippen LogP) is 3.27. The molecule has 5 nitrogen and oxygen atoms in total. The van der Waals surface area contributed by atoms with Crippen LogP contribution in [0.5, 0.6) is 5.75 Å². The van der Waals surface area contributed by atoms with Gasteiger partial charge in [-0.05, 0) is 23.1 Å². The van der Waals surface area contributed by atoms with Crippen molar-refractivity contribution in [2.75, 3.05) is 0 Å². The second kappa shape index (κ2) is 5.24. The van der Waals surface area contributed by atoms with Crippen molar-refractivity contribution < 1.29 is 14.6 Å². The van der Waals surface area contributed by atoms with Gasteiger partial charge in [0.2, 0.25) is 0 Å². The van der Waals surface area contributed by atoms with Gasteiger partial charge in [-0.1, -0.05) is 26.0 Å². The van der Waals surface area contributed by atoms with E-state index in [1.807, 2.05) is 13.8 Å². The molecule has 2 atom stereocenters. The number of Topliss-reactive ketones (excluding diaryl/α,β-unsaturated/α-hetero) is 1. The summed E-state index contributed by atoms with van der Waals surface area (Å²) in [5.41, 5.74) is 0.828. The molecule has 0 radical (unpaired) electrons. The molecule has 3 rings (SSSR count). The van der Waals surface area contributed by atoms with Crippen molar-refractivity contribution in [3.05, 3.63) is 41.2 Å². The van der Waals surface area contributed by atoms with Crippen LogP contribution >= 0.6 is 0 Å². The van der Waals surface area contributed by atoms with Crippen LogP contribution in [0.15, 0.2) is 35.6 Å². The molecule has 1 aromatic rings. The molecule has 1 aliphatic carbocycles. The number of carbonyl (C=O) groups excluding carboxylic acids is 1. The summed E-state index contributed by atoms with van der Waals surface area (Å²) in [5, 5.41) is 27.2. The summed E-state index contributed by atoms with van der Waals surface area (Å²) in [6.07, 6.45) is 0.302. The third kappa shape index (κ3) is 2.61. The first kappa shape index (κ1) is 15.3. The minimum Gasteiger partial charge on any atom is -0.508 e. The van der Waals surface area contributed by atoms with Crippen LogP contribution in [0.2, 0.25) is 0 Å². The highest BCUT2D eigenvalue weighted by atomic mass is 16.5. The van der Waals surface area contributed by atoms with E-state index in [1.54, 1.807) is 12.1 Å². The summed E-state index contributed by atoms with van der Waals surface area (Å²) in [6.45, 7) is 3.99. The zero-order valence-corrected chi connectivity index (χ0v) is 13.1. The monoisotopic (exact) mass is 310 g/mol. The van der Waals surface area contributed by atoms with Gasteiger partial charge < -0.3 is 15.3 Å². The lowest BCUT2D eigenvalue weighted by molar-refractivity contribution is -0.118. The van der Waals surface area contributed by atoms with E-state index in [2.05, 4.69) is 6.07 Å². The third-order valence-electron chi connectivity index (χ3n) is 4.35. The highest BCUT2D eigenvalue weighted by Gasteiger charge is 2.44. The van der Waals surface area contributed by atoms with Crippen LogP contribution in [-0.4, -0.2) is 16.6 Å². The van der Waals surface area contributed by atoms with Gasteiger partial charge in [-0.2, -0.15) is 5.26 Å². The molecule has 1 aromatic carbocycles. The first-order chi connectivity index (χ1) is 10.8. The number of phenolic OH excluding ortho intramolecular Hbond substituents is 1. The zero-order valence-electron chi connectivity index (χ0n) is 13.1. The van der Waals surface area contributed by atoms with Crippen molar-refractivity contribution in [1.82, 2.24) is 0 Å². The Bertz CT molecular complexity index is 753. The van der Waals surface area contributed by atoms with E-state index in [0.29, 0.717) is 24.2 Å². The highest BCUT2D eigenvalue weighted by molar-refractivity contribution is 6.24. The molecule has 0 spiro atoms. The van der Waals surface area contributed by atoms with E-state index in [4.69, 9.17) is 10.1 Å². The summed E-state index contributed by atoms with van der Waals surface area (Å²) >= 11 is 0. The maximum Gasteiger partial charge on any atom is 0.168 e. The van der Waals surface area contributed by atoms with Crippen LogP contribution in [0.3, 0.4) is 0 Å². The molecule has 1 unspecified atom stereocenters. The fourth-order valence-electron chi connectivity index (χ4n) is 3.25. The number of hydrogen-bond donors (Lipinski definition) is 2. The SMILES string of the molecule is CC1(C)CC(=O)C2=C(C1)O[C@@H](c1ccc(O)cc1)C(C#N)C2=N. The minimum absolute atomic E-state index is 0.0484. The fourth-order valence-corrected chi connectivity index (χ4v) is 3.25. The van der Waals surface area contributed by atoms with Gasteiger partial charge in [-0.15, -0.1) is 0 Å². The number of nitrogens with zero attached hydrogens (tertiary/aromatic N) is 1. The second-order valence-electron chi connectivity index (χ2n) is 6.89. The van der Waals surface area contributed by atoms with Gasteiger partial charge in [-0.3, -0.25) is 4.79 Å². The standard InChI is InChI=1S/C18H18N2O3/c1-18(2)7-13(22)15-14(8-18)23-17(12(9-19)16(15)20)10-3-5-11(21)6-4-10/h3-6,12,17,20-21H,7-8H2,1-2H3/t12?,17-/m0/s1. The Morgan fingerprint density at radius 3 is 2.57 bits per heavy atom. The molecule has 2 N–H and O–H groups in total. The van der Waals surface area contributed by atoms with Gasteiger partial charge in [-0.25, -0.2) is 0 Å². The Morgan fingerprint density at radius 1 is 1.30 bits per heavy atom. The summed E-state index contributed by atoms with van der Waals surface area (Å²) in [7, 11) is 0. The minimum atomic E-state index is -0.830. The Balaban J connectivity index is 2.05. The van der Waals surface area contributed by atoms with E-state index in [1.165, 1.54) is 12.1 Å². The lowest BCUT2D eigenvalue weighted by Crippen LogP contribution is -2.38. The number of carbonyl (C=O) groups is 1. The average Bonchev–Trinajstić information content (AvgIpc) is 2.45. The maximum absolute atomic E-state index is 12.4. The Kier molecular flexibility index (Phi) is 3.48. The molecule has 23 heavy (non-hydrogen) atoms. The molecule has 0 fully saturated rings. The normalized spacial score (nSPS) is 26.3. The number of aromatic hydroxyl groups is 1. The number of phenols is 1. The largest absolute Gasteiger partial charge is 0.508 e. The predicted molar refractivity (Wildman–Crippen MR) is 83.8 cm³/mol. The summed E-state index contributed by atoms with van der Waals surface area (Å²) in [4.78, 5) is 12.4. The smallest absolute Gasteiger partial charge is 0.168 e. The lowest BCUT2D eigenvalue weighted by Gasteiger charge is -2.39. The van der Waals surface area contributed by atoms with Crippen LogP contribution in [0.25, 0.3) is 0 Å². The number of nitrogens with one attached hydrogen (secondary N) is 1. The van der Waals surface area contributed by atoms with Gasteiger partial charge in [0.1, 0.15) is 23.5 Å². The molecule has 1 aliphatic heterocycles. The van der Waals surface area contributed by atoms with Crippen LogP contribution in [0.4, 0.5) is 0 Å². The molecule has 0 bridgehead atoms. The van der Waals surface area contributed by atoms with E-state index in [-0.39, 0.29) is 28.2 Å². The van der Waals surface area contributed by atoms with Gasteiger partial charge in [0.25, 0.3) is 0 Å². The zero-order chi connectivity index (χ0) is 16.8. The number of nitriles is 1. The van der Waals surface area contributed by atoms with Crippen LogP contribution in [0, 0.1) is 28.1 Å². The number of hydrogen-bond acceptors (Lipinski definition) is 5. The van der Waals surface area contributed by atoms with Gasteiger partial charge in [0.15, 0.2) is 5.78 Å². The summed E-state index contributed by atoms with van der Waals surface area (Å²) < 4.78 is 6.01. The molecule has 2 aliphatic rings. The number of ketones is 1. The van der Waals surface area contributed by atoms with Gasteiger partial charge >= 0.3 is 0 Å². The van der Waals surface area contributed by atoms with Crippen molar-refractivity contribution in [2.45, 2.75) is 32.8 Å². The molecule has 118 valence electrons. The van der Waals surface area contributed by atoms with Crippen molar-refractivity contribution in [3.8, 4) is 11.8 Å². The quantitative estimate of drug-likeness (QED) is 0.832. The van der Waals surface area contributed by atoms with E-state index in [0.717, 1.165) is 0 Å². The Morgan fingerprint density at radius 2 is 1.96 bits per heavy atom. The number of benzene rings is 1. The topological polar surface area (TPSA) is 94.2 Å². The van der Waals surface area contributed by atoms with Crippen LogP contribution < -0.4 is 0 Å². The molecule has 0 aromatic heterocycles. The number of ether oxygens (including phenoxy) is 1. The van der Waals surface area contributed by atoms with Crippen molar-refractivity contribution in [3.63, 3.8) is 0 Å². The van der Waals surface area contributed by atoms with E-state index in [9.17, 15) is 15.2 Å². The van der Waals surface area contributed by atoms with Crippen molar-refractivity contribution in [1.29, 1.82) is 10.7 Å². The van der Waals surface area contributed by atoms with Crippen LogP contribution in [-0.2, 0) is 9.53 Å². The lowest BCUT2D eigenvalue weighted by atomic mass is 9.72. The van der Waals surface area contributed by atoms with E-state index >= 15 is 0 Å². The molecular weight excluding hydrogens is 292 g/mol. The fraction of sp³-hybridized carbons (Fsp3) is 0.389. The molecule has 1 heterocycles. The van der Waals surface area contributed by atoms with Crippen molar-refractivity contribution in [2.24, 2.45) is 11.3 Å². The Labute approximate surface area is 134 Å². The maximum atomic E-state index is 12.4. The molecule has 0 saturated carbocycles. The number of allylic oxidation sites excluding steroid dienone is 2. The van der Waals surface area contributed by atoms with Crippen LogP contribution in [0.1, 0.15) is 38.4 Å². The van der Waals surface area contributed by atoms with Gasteiger partial charge in [0.05, 0.1) is 17.4 Å². The van der Waals surface area contributed by atoms with Gasteiger partial charge in [0, 0.05) is 12.8 Å². The van der Waals surface area contributed by atoms with Crippen molar-refractivity contribution >= 4 is 11.5 Å².